The Kier molecular flexibility index (Phi) is 5.52. The normalized spacial score (nSPS) is 19.3. The Balaban J connectivity index is 1.99. The van der Waals surface area contributed by atoms with Crippen LogP contribution in [0.15, 0.2) is 12.1 Å². The van der Waals surface area contributed by atoms with Gasteiger partial charge in [0.25, 0.3) is 0 Å². The van der Waals surface area contributed by atoms with Gasteiger partial charge in [-0.15, -0.1) is 0 Å². The average Bonchev–Trinajstić information content (AvgIpc) is 2.43. The highest BCUT2D eigenvalue weighted by Crippen LogP contribution is 2.34. The van der Waals surface area contributed by atoms with Gasteiger partial charge in [-0.3, -0.25) is 0 Å². The molecule has 112 valence electrons. The van der Waals surface area contributed by atoms with Crippen molar-refractivity contribution in [1.82, 2.24) is 10.2 Å². The smallest absolute Gasteiger partial charge is 0.162 e. The number of phenols is 1. The summed E-state index contributed by atoms with van der Waals surface area (Å²) < 4.78 is 5.14. The molecule has 0 spiro atoms. The van der Waals surface area contributed by atoms with Gasteiger partial charge >= 0.3 is 0 Å². The number of hydrogen-bond acceptors (Lipinski definition) is 4. The van der Waals surface area contributed by atoms with Gasteiger partial charge in [0.15, 0.2) is 11.5 Å². The molecule has 1 aliphatic rings. The molecule has 0 bridgehead atoms. The molecule has 20 heavy (non-hydrogen) atoms. The van der Waals surface area contributed by atoms with Crippen molar-refractivity contribution in [1.29, 1.82) is 0 Å². The average molecular weight is 299 g/mol. The van der Waals surface area contributed by atoms with Crippen LogP contribution in [0, 0.1) is 5.92 Å². The van der Waals surface area contributed by atoms with Crippen molar-refractivity contribution in [2.45, 2.75) is 19.4 Å². The molecule has 4 nitrogen and oxygen atoms in total. The zero-order valence-electron chi connectivity index (χ0n) is 12.2. The zero-order valence-corrected chi connectivity index (χ0v) is 12.9. The molecule has 1 atom stereocenters. The first-order valence-corrected chi connectivity index (χ1v) is 7.42. The molecule has 1 saturated heterocycles. The van der Waals surface area contributed by atoms with Crippen molar-refractivity contribution in [3.8, 4) is 11.5 Å². The lowest BCUT2D eigenvalue weighted by Gasteiger charge is -2.28. The SMILES string of the molecule is COc1cc(Cl)cc(CN(C)CC2CCCNC2)c1O. The maximum atomic E-state index is 10.1. The molecular weight excluding hydrogens is 276 g/mol. The summed E-state index contributed by atoms with van der Waals surface area (Å²) in [6.45, 7) is 3.89. The van der Waals surface area contributed by atoms with Crippen LogP contribution >= 0.6 is 11.6 Å². The third kappa shape index (κ3) is 4.01. The maximum absolute atomic E-state index is 10.1. The Labute approximate surface area is 125 Å². The first-order valence-electron chi connectivity index (χ1n) is 7.04. The van der Waals surface area contributed by atoms with Crippen molar-refractivity contribution >= 4 is 11.6 Å². The van der Waals surface area contributed by atoms with Gasteiger partial charge in [0, 0.05) is 29.7 Å². The molecule has 0 radical (unpaired) electrons. The summed E-state index contributed by atoms with van der Waals surface area (Å²) in [5, 5.41) is 14.2. The standard InChI is InChI=1S/C15H23ClN2O2/c1-18(9-11-4-3-5-17-8-11)10-12-6-13(16)7-14(20-2)15(12)19/h6-7,11,17,19H,3-5,8-10H2,1-2H3. The van der Waals surface area contributed by atoms with Crippen LogP contribution < -0.4 is 10.1 Å². The minimum Gasteiger partial charge on any atom is -0.504 e. The van der Waals surface area contributed by atoms with E-state index in [4.69, 9.17) is 16.3 Å². The highest BCUT2D eigenvalue weighted by Gasteiger charge is 2.17. The third-order valence-electron chi connectivity index (χ3n) is 3.75. The first kappa shape index (κ1) is 15.4. The molecule has 1 fully saturated rings. The highest BCUT2D eigenvalue weighted by molar-refractivity contribution is 6.30. The van der Waals surface area contributed by atoms with Gasteiger partial charge in [-0.1, -0.05) is 11.6 Å². The van der Waals surface area contributed by atoms with Gasteiger partial charge in [0.2, 0.25) is 0 Å². The maximum Gasteiger partial charge on any atom is 0.162 e. The molecule has 0 amide bonds. The fraction of sp³-hybridized carbons (Fsp3) is 0.600. The molecule has 1 aromatic carbocycles. The molecule has 2 rings (SSSR count). The number of methoxy groups -OCH3 is 1. The van der Waals surface area contributed by atoms with Crippen LogP contribution in [0.2, 0.25) is 5.02 Å². The van der Waals surface area contributed by atoms with E-state index in [0.717, 1.165) is 25.2 Å². The summed E-state index contributed by atoms with van der Waals surface area (Å²) in [4.78, 5) is 2.22. The van der Waals surface area contributed by atoms with Crippen LogP contribution in [0.1, 0.15) is 18.4 Å². The van der Waals surface area contributed by atoms with Crippen molar-refractivity contribution < 1.29 is 9.84 Å². The minimum atomic E-state index is 0.186. The van der Waals surface area contributed by atoms with Crippen molar-refractivity contribution in [3.63, 3.8) is 0 Å². The van der Waals surface area contributed by atoms with Crippen LogP contribution in [0.25, 0.3) is 0 Å². The van der Waals surface area contributed by atoms with Crippen molar-refractivity contribution in [2.75, 3.05) is 33.8 Å². The summed E-state index contributed by atoms with van der Waals surface area (Å²) in [6, 6.07) is 3.43. The van der Waals surface area contributed by atoms with Crippen LogP contribution in [0.3, 0.4) is 0 Å². The molecule has 1 aliphatic heterocycles. The summed E-state index contributed by atoms with van der Waals surface area (Å²) in [5.41, 5.74) is 0.806. The predicted molar refractivity (Wildman–Crippen MR) is 81.6 cm³/mol. The monoisotopic (exact) mass is 298 g/mol. The van der Waals surface area contributed by atoms with Crippen LogP contribution in [-0.4, -0.2) is 43.8 Å². The lowest BCUT2D eigenvalue weighted by atomic mass is 9.99. The lowest BCUT2D eigenvalue weighted by molar-refractivity contribution is 0.235. The van der Waals surface area contributed by atoms with Crippen molar-refractivity contribution in [3.05, 3.63) is 22.7 Å². The number of aromatic hydroxyl groups is 1. The molecule has 1 aromatic rings. The molecule has 0 aliphatic carbocycles. The Hall–Kier alpha value is -0.970. The molecule has 1 unspecified atom stereocenters. The van der Waals surface area contributed by atoms with E-state index in [1.165, 1.54) is 20.0 Å². The number of halogens is 1. The molecule has 0 saturated carbocycles. The number of phenolic OH excluding ortho intramolecular Hbond substituents is 1. The van der Waals surface area contributed by atoms with Gasteiger partial charge in [-0.2, -0.15) is 0 Å². The molecule has 0 aromatic heterocycles. The summed E-state index contributed by atoms with van der Waals surface area (Å²) in [6.07, 6.45) is 2.51. The fourth-order valence-corrected chi connectivity index (χ4v) is 3.01. The number of ether oxygens (including phenoxy) is 1. The predicted octanol–water partition coefficient (Wildman–Crippen LogP) is 2.49. The van der Waals surface area contributed by atoms with E-state index in [1.54, 1.807) is 12.1 Å². The Morgan fingerprint density at radius 2 is 2.30 bits per heavy atom. The minimum absolute atomic E-state index is 0.186. The largest absolute Gasteiger partial charge is 0.504 e. The summed E-state index contributed by atoms with van der Waals surface area (Å²) in [7, 11) is 3.61. The number of hydrogen-bond donors (Lipinski definition) is 2. The van der Waals surface area contributed by atoms with E-state index < -0.39 is 0 Å². The van der Waals surface area contributed by atoms with Crippen LogP contribution in [-0.2, 0) is 6.54 Å². The summed E-state index contributed by atoms with van der Waals surface area (Å²) >= 11 is 6.06. The van der Waals surface area contributed by atoms with Gasteiger partial charge < -0.3 is 20.1 Å². The second kappa shape index (κ2) is 7.16. The second-order valence-electron chi connectivity index (χ2n) is 5.52. The number of rotatable bonds is 5. The Morgan fingerprint density at radius 3 is 2.95 bits per heavy atom. The van der Waals surface area contributed by atoms with Crippen LogP contribution in [0.4, 0.5) is 0 Å². The Morgan fingerprint density at radius 1 is 1.50 bits per heavy atom. The van der Waals surface area contributed by atoms with Gasteiger partial charge in [0.1, 0.15) is 0 Å². The van der Waals surface area contributed by atoms with Gasteiger partial charge in [-0.25, -0.2) is 0 Å². The van der Waals surface area contributed by atoms with E-state index in [2.05, 4.69) is 17.3 Å². The van der Waals surface area contributed by atoms with Gasteiger partial charge in [-0.05, 0) is 45.0 Å². The highest BCUT2D eigenvalue weighted by atomic mass is 35.5. The number of nitrogens with zero attached hydrogens (tertiary/aromatic N) is 1. The second-order valence-corrected chi connectivity index (χ2v) is 5.96. The number of nitrogens with one attached hydrogen (secondary N) is 1. The number of piperidine rings is 1. The third-order valence-corrected chi connectivity index (χ3v) is 3.97. The quantitative estimate of drug-likeness (QED) is 0.877. The van der Waals surface area contributed by atoms with E-state index >= 15 is 0 Å². The molecule has 5 heteroatoms. The fourth-order valence-electron chi connectivity index (χ4n) is 2.78. The van der Waals surface area contributed by atoms with E-state index in [1.807, 2.05) is 0 Å². The van der Waals surface area contributed by atoms with Gasteiger partial charge in [0.05, 0.1) is 7.11 Å². The molecule has 1 heterocycles. The first-order chi connectivity index (χ1) is 9.60. The summed E-state index contributed by atoms with van der Waals surface area (Å²) in [5.74, 6) is 1.29. The number of benzene rings is 1. The van der Waals surface area contributed by atoms with Crippen LogP contribution in [0.5, 0.6) is 11.5 Å². The topological polar surface area (TPSA) is 44.7 Å². The molecule has 2 N–H and O–H groups in total. The van der Waals surface area contributed by atoms with E-state index in [-0.39, 0.29) is 5.75 Å². The molecular formula is C15H23ClN2O2. The zero-order chi connectivity index (χ0) is 14.5. The Bertz CT molecular complexity index is 448. The van der Waals surface area contributed by atoms with E-state index in [9.17, 15) is 5.11 Å². The van der Waals surface area contributed by atoms with Crippen molar-refractivity contribution in [2.24, 2.45) is 5.92 Å². The van der Waals surface area contributed by atoms with E-state index in [0.29, 0.717) is 23.2 Å². The lowest BCUT2D eigenvalue weighted by Crippen LogP contribution is -2.36.